The molecule has 10 heteroatoms. The Hall–Kier alpha value is -4.47. The fourth-order valence-corrected chi connectivity index (χ4v) is 5.57. The zero-order chi connectivity index (χ0) is 28.0. The Labute approximate surface area is 226 Å². The Morgan fingerprint density at radius 2 is 1.75 bits per heavy atom. The summed E-state index contributed by atoms with van der Waals surface area (Å²) < 4.78 is 69.5. The monoisotopic (exact) mass is 550 g/mol. The quantitative estimate of drug-likeness (QED) is 0.261. The molecule has 1 aliphatic heterocycles. The maximum Gasteiger partial charge on any atom is 0.417 e. The Bertz CT molecular complexity index is 1590. The molecule has 0 spiro atoms. The van der Waals surface area contributed by atoms with Crippen LogP contribution in [0.5, 0.6) is 11.5 Å². The van der Waals surface area contributed by atoms with Crippen molar-refractivity contribution in [2.75, 3.05) is 6.61 Å². The molecule has 0 amide bonds. The lowest BCUT2D eigenvalue weighted by Gasteiger charge is -2.21. The first-order valence-corrected chi connectivity index (χ1v) is 12.6. The third kappa shape index (κ3) is 4.74. The van der Waals surface area contributed by atoms with Crippen LogP contribution in [-0.4, -0.2) is 27.7 Å². The van der Waals surface area contributed by atoms with Crippen LogP contribution in [0.1, 0.15) is 47.1 Å². The smallest absolute Gasteiger partial charge is 0.417 e. The summed E-state index contributed by atoms with van der Waals surface area (Å²) in [5, 5.41) is 9.11. The number of hydrogen-bond donors (Lipinski definition) is 1. The second-order valence-electron chi connectivity index (χ2n) is 9.83. The van der Waals surface area contributed by atoms with Gasteiger partial charge in [-0.3, -0.25) is 4.79 Å². The van der Waals surface area contributed by atoms with Gasteiger partial charge in [0.25, 0.3) is 0 Å². The van der Waals surface area contributed by atoms with Gasteiger partial charge in [-0.05, 0) is 47.2 Å². The van der Waals surface area contributed by atoms with Gasteiger partial charge in [0.1, 0.15) is 29.7 Å². The summed E-state index contributed by atoms with van der Waals surface area (Å²) in [7, 11) is 0. The Kier molecular flexibility index (Phi) is 6.40. The van der Waals surface area contributed by atoms with Crippen molar-refractivity contribution < 1.29 is 36.9 Å². The summed E-state index contributed by atoms with van der Waals surface area (Å²) in [5.41, 5.74) is 1.81. The van der Waals surface area contributed by atoms with Crippen LogP contribution >= 0.6 is 0 Å². The van der Waals surface area contributed by atoms with E-state index >= 15 is 4.39 Å². The van der Waals surface area contributed by atoms with Gasteiger partial charge < -0.3 is 14.6 Å². The second-order valence-corrected chi connectivity index (χ2v) is 9.83. The number of hydrogen-bond acceptors (Lipinski definition) is 5. The summed E-state index contributed by atoms with van der Waals surface area (Å²) in [4.78, 5) is 19.1. The van der Waals surface area contributed by atoms with Gasteiger partial charge in [-0.25, -0.2) is 14.4 Å². The third-order valence-corrected chi connectivity index (χ3v) is 7.34. The molecule has 4 aromatic rings. The normalized spacial score (nSPS) is 17.7. The molecule has 0 fully saturated rings. The summed E-state index contributed by atoms with van der Waals surface area (Å²) in [6.07, 6.45) is -0.537. The highest BCUT2D eigenvalue weighted by molar-refractivity contribution is 5.77. The molecular formula is C30H22F4N2O4. The first kappa shape index (κ1) is 25.8. The maximum atomic E-state index is 15.3. The number of benzene rings is 3. The number of ether oxygens (including phenoxy) is 2. The molecule has 2 aliphatic rings. The molecule has 40 heavy (non-hydrogen) atoms. The molecule has 1 N–H and O–H groups in total. The van der Waals surface area contributed by atoms with Gasteiger partial charge in [0.05, 0.1) is 18.6 Å². The zero-order valence-corrected chi connectivity index (χ0v) is 20.9. The van der Waals surface area contributed by atoms with Crippen molar-refractivity contribution in [1.82, 2.24) is 9.97 Å². The van der Waals surface area contributed by atoms with Gasteiger partial charge in [0, 0.05) is 41.1 Å². The predicted molar refractivity (Wildman–Crippen MR) is 136 cm³/mol. The molecule has 2 heterocycles. The molecule has 6 nitrogen and oxygen atoms in total. The molecule has 2 atom stereocenters. The van der Waals surface area contributed by atoms with E-state index in [0.29, 0.717) is 29.5 Å². The molecule has 0 radical (unpaired) electrons. The maximum absolute atomic E-state index is 15.3. The third-order valence-electron chi connectivity index (χ3n) is 7.34. The van der Waals surface area contributed by atoms with E-state index in [1.807, 2.05) is 0 Å². The number of alkyl halides is 3. The number of nitrogens with zero attached hydrogens (tertiary/aromatic N) is 2. The number of rotatable bonds is 6. The average Bonchev–Trinajstić information content (AvgIpc) is 3.53. The van der Waals surface area contributed by atoms with Crippen molar-refractivity contribution in [2.45, 2.75) is 37.5 Å². The first-order chi connectivity index (χ1) is 19.2. The van der Waals surface area contributed by atoms with E-state index in [0.717, 1.165) is 16.7 Å². The minimum absolute atomic E-state index is 0.0559. The molecule has 3 aromatic carbocycles. The molecule has 1 unspecified atom stereocenters. The van der Waals surface area contributed by atoms with E-state index in [-0.39, 0.29) is 42.1 Å². The van der Waals surface area contributed by atoms with Gasteiger partial charge in [0.2, 0.25) is 0 Å². The largest absolute Gasteiger partial charge is 0.492 e. The summed E-state index contributed by atoms with van der Waals surface area (Å²) in [5.74, 6) is -1.33. The highest BCUT2D eigenvalue weighted by atomic mass is 19.4. The van der Waals surface area contributed by atoms with E-state index < -0.39 is 29.6 Å². The average molecular weight is 551 g/mol. The van der Waals surface area contributed by atoms with Gasteiger partial charge in [0.15, 0.2) is 0 Å². The summed E-state index contributed by atoms with van der Waals surface area (Å²) in [6.45, 7) is 0.228. The number of carboxylic acids is 1. The van der Waals surface area contributed by atoms with Crippen molar-refractivity contribution in [3.05, 3.63) is 95.3 Å². The predicted octanol–water partition coefficient (Wildman–Crippen LogP) is 6.99. The van der Waals surface area contributed by atoms with Crippen LogP contribution in [0.15, 0.2) is 67.3 Å². The summed E-state index contributed by atoms with van der Waals surface area (Å²) >= 11 is 0. The lowest BCUT2D eigenvalue weighted by Crippen LogP contribution is -2.12. The topological polar surface area (TPSA) is 81.5 Å². The zero-order valence-electron chi connectivity index (χ0n) is 20.9. The number of carboxylic acid groups (broad SMARTS) is 1. The van der Waals surface area contributed by atoms with Crippen LogP contribution in [-0.2, 0) is 17.4 Å². The fourth-order valence-electron chi connectivity index (χ4n) is 5.57. The van der Waals surface area contributed by atoms with E-state index in [4.69, 9.17) is 14.6 Å². The van der Waals surface area contributed by atoms with E-state index in [1.54, 1.807) is 54.9 Å². The number of halogens is 4. The highest BCUT2D eigenvalue weighted by Gasteiger charge is 2.40. The minimum atomic E-state index is -4.76. The van der Waals surface area contributed by atoms with Crippen LogP contribution in [0.25, 0.3) is 22.3 Å². The van der Waals surface area contributed by atoms with Gasteiger partial charge in [-0.1, -0.05) is 30.3 Å². The Morgan fingerprint density at radius 3 is 2.45 bits per heavy atom. The molecule has 1 aromatic heterocycles. The van der Waals surface area contributed by atoms with Crippen LogP contribution in [0.4, 0.5) is 17.6 Å². The molecular weight excluding hydrogens is 528 g/mol. The lowest BCUT2D eigenvalue weighted by molar-refractivity contribution is -0.138. The van der Waals surface area contributed by atoms with Crippen molar-refractivity contribution in [2.24, 2.45) is 0 Å². The second kappa shape index (κ2) is 9.93. The van der Waals surface area contributed by atoms with Crippen LogP contribution < -0.4 is 9.47 Å². The molecule has 6 rings (SSSR count). The van der Waals surface area contributed by atoms with Gasteiger partial charge in [-0.2, -0.15) is 13.2 Å². The number of carbonyl (C=O) groups is 1. The molecule has 0 saturated carbocycles. The SMILES string of the molecule is O=C(O)CC1COc2cc(O[C@@H]3CCc4c(-c5ccc(-c6cncnc6)cc5)c(C(F)(F)F)cc(F)c43)ccc21. The van der Waals surface area contributed by atoms with Crippen LogP contribution in [0.3, 0.4) is 0 Å². The van der Waals surface area contributed by atoms with Gasteiger partial charge >= 0.3 is 12.1 Å². The van der Waals surface area contributed by atoms with E-state index in [2.05, 4.69) is 9.97 Å². The summed E-state index contributed by atoms with van der Waals surface area (Å²) in [6, 6.07) is 12.1. The number of aliphatic carboxylic acids is 1. The molecule has 0 bridgehead atoms. The standard InChI is InChI=1S/C30H22F4N2O4/c31-24-11-23(30(32,33)34)28(17-3-1-16(2-4-17)19-12-35-15-36-13-19)22-7-8-25(29(22)24)40-20-5-6-21-18(9-27(37)38)14-39-26(21)10-20/h1-6,10-13,15,18,25H,7-9,14H2,(H,37,38)/t18?,25-/m1/s1. The van der Waals surface area contributed by atoms with Crippen molar-refractivity contribution >= 4 is 5.97 Å². The van der Waals surface area contributed by atoms with Crippen LogP contribution in [0.2, 0.25) is 0 Å². The van der Waals surface area contributed by atoms with E-state index in [9.17, 15) is 18.0 Å². The van der Waals surface area contributed by atoms with Crippen molar-refractivity contribution in [1.29, 1.82) is 0 Å². The number of aromatic nitrogens is 2. The Balaban J connectivity index is 1.35. The molecule has 204 valence electrons. The Morgan fingerprint density at radius 1 is 1.02 bits per heavy atom. The fraction of sp³-hybridized carbons (Fsp3) is 0.233. The highest BCUT2D eigenvalue weighted by Crippen LogP contribution is 2.48. The lowest BCUT2D eigenvalue weighted by atomic mass is 9.90. The minimum Gasteiger partial charge on any atom is -0.492 e. The van der Waals surface area contributed by atoms with E-state index in [1.165, 1.54) is 6.33 Å². The van der Waals surface area contributed by atoms with Crippen LogP contribution in [0, 0.1) is 5.82 Å². The molecule has 1 aliphatic carbocycles. The molecule has 0 saturated heterocycles. The number of fused-ring (bicyclic) bond motifs is 2. The van der Waals surface area contributed by atoms with Crippen molar-refractivity contribution in [3.8, 4) is 33.8 Å². The first-order valence-electron chi connectivity index (χ1n) is 12.6. The van der Waals surface area contributed by atoms with Gasteiger partial charge in [-0.15, -0.1) is 0 Å². The van der Waals surface area contributed by atoms with Crippen molar-refractivity contribution in [3.63, 3.8) is 0 Å².